The van der Waals surface area contributed by atoms with Gasteiger partial charge in [0.05, 0.1) is 22.2 Å². The van der Waals surface area contributed by atoms with E-state index in [1.165, 1.54) is 0 Å². The first kappa shape index (κ1) is 10.1. The highest BCUT2D eigenvalue weighted by atomic mass is 35.5. The average molecular weight is 256 g/mol. The Morgan fingerprint density at radius 1 is 1.25 bits per heavy atom. The first-order chi connectivity index (χ1) is 7.75. The Hall–Kier alpha value is -1.03. The number of nitrogens with zero attached hydrogens (tertiary/aromatic N) is 1. The van der Waals surface area contributed by atoms with E-state index in [1.807, 2.05) is 6.07 Å². The quantitative estimate of drug-likeness (QED) is 0.768. The molecule has 1 aromatic heterocycles. The minimum atomic E-state index is 0.107. The van der Waals surface area contributed by atoms with Gasteiger partial charge < -0.3 is 9.26 Å². The van der Waals surface area contributed by atoms with Crippen LogP contribution in [0.25, 0.3) is 11.3 Å². The minimum absolute atomic E-state index is 0.107. The lowest BCUT2D eigenvalue weighted by Crippen LogP contribution is -1.85. The minimum Gasteiger partial charge on any atom is -0.368 e. The van der Waals surface area contributed by atoms with Gasteiger partial charge in [0.1, 0.15) is 18.1 Å². The van der Waals surface area contributed by atoms with Crippen molar-refractivity contribution in [3.8, 4) is 11.3 Å². The van der Waals surface area contributed by atoms with Crippen LogP contribution in [-0.2, 0) is 4.74 Å². The number of aromatic nitrogens is 1. The molecule has 0 saturated carbocycles. The maximum atomic E-state index is 5.96. The molecule has 1 aliphatic rings. The summed E-state index contributed by atoms with van der Waals surface area (Å²) in [6.07, 6.45) is 1.71. The van der Waals surface area contributed by atoms with Crippen molar-refractivity contribution in [3.63, 3.8) is 0 Å². The second-order valence-electron chi connectivity index (χ2n) is 3.57. The third-order valence-electron chi connectivity index (χ3n) is 2.47. The average Bonchev–Trinajstić information content (AvgIpc) is 3.01. The molecule has 16 heavy (non-hydrogen) atoms. The van der Waals surface area contributed by atoms with Crippen molar-refractivity contribution in [1.29, 1.82) is 0 Å². The van der Waals surface area contributed by atoms with Crippen molar-refractivity contribution < 1.29 is 9.26 Å². The van der Waals surface area contributed by atoms with Crippen LogP contribution < -0.4 is 0 Å². The van der Waals surface area contributed by atoms with Crippen LogP contribution in [0, 0.1) is 0 Å². The van der Waals surface area contributed by atoms with Crippen LogP contribution >= 0.6 is 23.2 Å². The van der Waals surface area contributed by atoms with Gasteiger partial charge in [-0.05, 0) is 12.1 Å². The van der Waals surface area contributed by atoms with E-state index in [4.69, 9.17) is 32.5 Å². The van der Waals surface area contributed by atoms with Crippen LogP contribution in [0.3, 0.4) is 0 Å². The molecule has 0 amide bonds. The predicted molar refractivity (Wildman–Crippen MR) is 60.7 cm³/mol. The Kier molecular flexibility index (Phi) is 2.39. The van der Waals surface area contributed by atoms with Gasteiger partial charge in [0, 0.05) is 5.56 Å². The summed E-state index contributed by atoms with van der Waals surface area (Å²) in [5.74, 6) is 0. The van der Waals surface area contributed by atoms with Crippen molar-refractivity contribution in [2.24, 2.45) is 0 Å². The van der Waals surface area contributed by atoms with Gasteiger partial charge in [0.25, 0.3) is 0 Å². The van der Waals surface area contributed by atoms with Crippen LogP contribution in [-0.4, -0.2) is 11.8 Å². The SMILES string of the molecule is Clc1ccc(-c2nocc2[C@H]2CO2)cc1Cl. The lowest BCUT2D eigenvalue weighted by molar-refractivity contribution is 0.404. The predicted octanol–water partition coefficient (Wildman–Crippen LogP) is 3.72. The number of hydrogen-bond donors (Lipinski definition) is 0. The zero-order valence-electron chi connectivity index (χ0n) is 8.11. The molecule has 0 spiro atoms. The number of hydrogen-bond acceptors (Lipinski definition) is 3. The van der Waals surface area contributed by atoms with E-state index < -0.39 is 0 Å². The third-order valence-corrected chi connectivity index (χ3v) is 3.21. The Labute approximate surface area is 102 Å². The van der Waals surface area contributed by atoms with Gasteiger partial charge in [0.2, 0.25) is 0 Å². The van der Waals surface area contributed by atoms with Crippen LogP contribution in [0.4, 0.5) is 0 Å². The van der Waals surface area contributed by atoms with Crippen LogP contribution in [0.5, 0.6) is 0 Å². The van der Waals surface area contributed by atoms with Gasteiger partial charge in [0.15, 0.2) is 0 Å². The van der Waals surface area contributed by atoms with Crippen molar-refractivity contribution in [1.82, 2.24) is 5.16 Å². The first-order valence-electron chi connectivity index (χ1n) is 4.77. The maximum Gasteiger partial charge on any atom is 0.130 e. The molecule has 2 heterocycles. The smallest absolute Gasteiger partial charge is 0.130 e. The molecule has 82 valence electrons. The molecule has 2 aromatic rings. The normalized spacial score (nSPS) is 18.8. The zero-order valence-corrected chi connectivity index (χ0v) is 9.63. The van der Waals surface area contributed by atoms with E-state index in [9.17, 15) is 0 Å². The van der Waals surface area contributed by atoms with E-state index in [-0.39, 0.29) is 6.10 Å². The van der Waals surface area contributed by atoms with Gasteiger partial charge in [-0.2, -0.15) is 0 Å². The van der Waals surface area contributed by atoms with Crippen LogP contribution in [0.2, 0.25) is 10.0 Å². The summed E-state index contributed by atoms with van der Waals surface area (Å²) in [5.41, 5.74) is 2.60. The van der Waals surface area contributed by atoms with E-state index in [0.717, 1.165) is 23.4 Å². The lowest BCUT2D eigenvalue weighted by atomic mass is 10.1. The van der Waals surface area contributed by atoms with Crippen LogP contribution in [0.1, 0.15) is 11.7 Å². The summed E-state index contributed by atoms with van der Waals surface area (Å²) in [4.78, 5) is 0. The molecule has 0 aliphatic carbocycles. The summed E-state index contributed by atoms with van der Waals surface area (Å²) >= 11 is 11.8. The van der Waals surface area contributed by atoms with E-state index in [1.54, 1.807) is 18.4 Å². The molecule has 0 bridgehead atoms. The summed E-state index contributed by atoms with van der Waals surface area (Å²) in [6.45, 7) is 0.718. The molecule has 1 atom stereocenters. The van der Waals surface area contributed by atoms with Gasteiger partial charge in [-0.15, -0.1) is 0 Å². The Balaban J connectivity index is 2.07. The first-order valence-corrected chi connectivity index (χ1v) is 5.52. The molecular formula is C11H7Cl2NO2. The molecule has 3 rings (SSSR count). The fraction of sp³-hybridized carbons (Fsp3) is 0.182. The number of benzene rings is 1. The van der Waals surface area contributed by atoms with Gasteiger partial charge in [-0.1, -0.05) is 34.4 Å². The Morgan fingerprint density at radius 2 is 2.06 bits per heavy atom. The highest BCUT2D eigenvalue weighted by Gasteiger charge is 2.30. The summed E-state index contributed by atoms with van der Waals surface area (Å²) in [7, 11) is 0. The van der Waals surface area contributed by atoms with Crippen molar-refractivity contribution in [2.45, 2.75) is 6.10 Å². The van der Waals surface area contributed by atoms with Gasteiger partial charge in [-0.3, -0.25) is 0 Å². The monoisotopic (exact) mass is 255 g/mol. The molecule has 1 fully saturated rings. The van der Waals surface area contributed by atoms with Crippen LogP contribution in [0.15, 0.2) is 29.0 Å². The number of epoxide rings is 1. The molecule has 0 unspecified atom stereocenters. The van der Waals surface area contributed by atoms with E-state index >= 15 is 0 Å². The number of ether oxygens (including phenoxy) is 1. The molecule has 3 nitrogen and oxygen atoms in total. The Bertz CT molecular complexity index is 535. The van der Waals surface area contributed by atoms with Crippen molar-refractivity contribution in [3.05, 3.63) is 40.1 Å². The number of halogens is 2. The van der Waals surface area contributed by atoms with Crippen molar-refractivity contribution in [2.75, 3.05) is 6.61 Å². The summed E-state index contributed by atoms with van der Waals surface area (Å²) in [5, 5.41) is 4.99. The standard InChI is InChI=1S/C11H7Cl2NO2/c12-8-2-1-6(3-9(8)13)11-7(4-16-14-11)10-5-15-10/h1-4,10H,5H2/t10-/m1/s1. The fourth-order valence-corrected chi connectivity index (χ4v) is 1.86. The second-order valence-corrected chi connectivity index (χ2v) is 4.38. The fourth-order valence-electron chi connectivity index (χ4n) is 1.56. The lowest BCUT2D eigenvalue weighted by Gasteiger charge is -2.00. The number of rotatable bonds is 2. The maximum absolute atomic E-state index is 5.96. The molecule has 5 heteroatoms. The zero-order chi connectivity index (χ0) is 11.1. The largest absolute Gasteiger partial charge is 0.368 e. The highest BCUT2D eigenvalue weighted by molar-refractivity contribution is 6.42. The molecule has 0 radical (unpaired) electrons. The molecule has 1 saturated heterocycles. The molecule has 1 aliphatic heterocycles. The Morgan fingerprint density at radius 3 is 2.75 bits per heavy atom. The van der Waals surface area contributed by atoms with Gasteiger partial charge >= 0.3 is 0 Å². The third kappa shape index (κ3) is 1.71. The van der Waals surface area contributed by atoms with Gasteiger partial charge in [-0.25, -0.2) is 0 Å². The summed E-state index contributed by atoms with van der Waals surface area (Å²) < 4.78 is 10.2. The van der Waals surface area contributed by atoms with E-state index in [0.29, 0.717) is 10.0 Å². The van der Waals surface area contributed by atoms with Crippen molar-refractivity contribution >= 4 is 23.2 Å². The molecular weight excluding hydrogens is 249 g/mol. The highest BCUT2D eigenvalue weighted by Crippen LogP contribution is 2.37. The molecule has 0 N–H and O–H groups in total. The second kappa shape index (κ2) is 3.77. The molecule has 1 aromatic carbocycles. The summed E-state index contributed by atoms with van der Waals surface area (Å²) in [6, 6.07) is 5.37. The van der Waals surface area contributed by atoms with E-state index in [2.05, 4.69) is 5.16 Å². The topological polar surface area (TPSA) is 38.6 Å².